The van der Waals surface area contributed by atoms with E-state index in [0.29, 0.717) is 5.92 Å². The van der Waals surface area contributed by atoms with E-state index >= 15 is 0 Å². The molecule has 2 unspecified atom stereocenters. The summed E-state index contributed by atoms with van der Waals surface area (Å²) >= 11 is 0. The molecule has 1 rings (SSSR count). The van der Waals surface area contributed by atoms with Crippen LogP contribution in [0, 0.1) is 5.92 Å². The molecule has 0 saturated carbocycles. The molecule has 0 bridgehead atoms. The number of rotatable bonds is 5. The Balaban J connectivity index is 2.51. The third kappa shape index (κ3) is 2.86. The summed E-state index contributed by atoms with van der Waals surface area (Å²) in [6.07, 6.45) is 3.39. The molecule has 0 fully saturated rings. The fourth-order valence-corrected chi connectivity index (χ4v) is 1.39. The molecule has 0 aliphatic carbocycles. The van der Waals surface area contributed by atoms with E-state index in [9.17, 15) is 0 Å². The van der Waals surface area contributed by atoms with Gasteiger partial charge in [0.05, 0.1) is 19.1 Å². The molecular formula is C11H19NO2. The van der Waals surface area contributed by atoms with E-state index in [1.807, 2.05) is 6.07 Å². The first-order valence-corrected chi connectivity index (χ1v) is 5.04. The Kier molecular flexibility index (Phi) is 4.17. The van der Waals surface area contributed by atoms with Crippen molar-refractivity contribution in [2.24, 2.45) is 5.92 Å². The molecule has 3 heteroatoms. The minimum Gasteiger partial charge on any atom is -0.472 e. The molecular weight excluding hydrogens is 178 g/mol. The van der Waals surface area contributed by atoms with E-state index in [-0.39, 0.29) is 18.7 Å². The van der Waals surface area contributed by atoms with Crippen LogP contribution in [0.5, 0.6) is 0 Å². The third-order valence-corrected chi connectivity index (χ3v) is 2.51. The number of furan rings is 1. The molecule has 2 N–H and O–H groups in total. The molecule has 80 valence electrons. The van der Waals surface area contributed by atoms with E-state index < -0.39 is 0 Å². The summed E-state index contributed by atoms with van der Waals surface area (Å²) in [5, 5.41) is 12.5. The molecule has 0 aliphatic heterocycles. The molecule has 0 aromatic carbocycles. The number of hydrogen-bond acceptors (Lipinski definition) is 3. The maximum Gasteiger partial charge on any atom is 0.0950 e. The van der Waals surface area contributed by atoms with E-state index in [1.54, 1.807) is 12.5 Å². The van der Waals surface area contributed by atoms with E-state index in [0.717, 1.165) is 5.56 Å². The Hall–Kier alpha value is -0.800. The average Bonchev–Trinajstić information content (AvgIpc) is 2.65. The molecule has 1 heterocycles. The Bertz CT molecular complexity index is 244. The molecule has 14 heavy (non-hydrogen) atoms. The summed E-state index contributed by atoms with van der Waals surface area (Å²) < 4.78 is 5.01. The number of nitrogens with one attached hydrogen (secondary N) is 1. The van der Waals surface area contributed by atoms with Crippen LogP contribution in [0.15, 0.2) is 23.0 Å². The van der Waals surface area contributed by atoms with Crippen molar-refractivity contribution in [3.8, 4) is 0 Å². The van der Waals surface area contributed by atoms with Gasteiger partial charge in [0.15, 0.2) is 0 Å². The van der Waals surface area contributed by atoms with Gasteiger partial charge in [0, 0.05) is 17.6 Å². The molecule has 0 radical (unpaired) electrons. The topological polar surface area (TPSA) is 45.4 Å². The summed E-state index contributed by atoms with van der Waals surface area (Å²) in [5.74, 6) is 0.425. The van der Waals surface area contributed by atoms with Crippen LogP contribution in [-0.4, -0.2) is 17.8 Å². The van der Waals surface area contributed by atoms with Crippen LogP contribution in [0.4, 0.5) is 0 Å². The monoisotopic (exact) mass is 197 g/mol. The second kappa shape index (κ2) is 5.17. The third-order valence-electron chi connectivity index (χ3n) is 2.51. The first-order valence-electron chi connectivity index (χ1n) is 5.04. The lowest BCUT2D eigenvalue weighted by Gasteiger charge is -2.23. The zero-order valence-corrected chi connectivity index (χ0v) is 9.03. The van der Waals surface area contributed by atoms with Crippen molar-refractivity contribution in [3.63, 3.8) is 0 Å². The van der Waals surface area contributed by atoms with Gasteiger partial charge in [-0.05, 0) is 18.9 Å². The van der Waals surface area contributed by atoms with Crippen molar-refractivity contribution in [1.82, 2.24) is 5.32 Å². The lowest BCUT2D eigenvalue weighted by molar-refractivity contribution is 0.201. The summed E-state index contributed by atoms with van der Waals surface area (Å²) in [6, 6.07) is 2.29. The molecule has 2 atom stereocenters. The van der Waals surface area contributed by atoms with Gasteiger partial charge in [-0.3, -0.25) is 0 Å². The largest absolute Gasteiger partial charge is 0.472 e. The molecule has 3 nitrogen and oxygen atoms in total. The highest BCUT2D eigenvalue weighted by Crippen LogP contribution is 2.14. The minimum atomic E-state index is 0.139. The molecule has 0 amide bonds. The Morgan fingerprint density at radius 3 is 2.57 bits per heavy atom. The predicted octanol–water partition coefficient (Wildman–Crippen LogP) is 1.95. The number of aliphatic hydroxyl groups excluding tert-OH is 1. The first-order chi connectivity index (χ1) is 6.65. The highest BCUT2D eigenvalue weighted by atomic mass is 16.3. The Morgan fingerprint density at radius 1 is 1.43 bits per heavy atom. The fraction of sp³-hybridized carbons (Fsp3) is 0.636. The van der Waals surface area contributed by atoms with E-state index in [2.05, 4.69) is 26.1 Å². The van der Waals surface area contributed by atoms with Gasteiger partial charge in [-0.1, -0.05) is 13.8 Å². The van der Waals surface area contributed by atoms with Gasteiger partial charge in [-0.15, -0.1) is 0 Å². The quantitative estimate of drug-likeness (QED) is 0.758. The van der Waals surface area contributed by atoms with Gasteiger partial charge in [0.25, 0.3) is 0 Å². The van der Waals surface area contributed by atoms with Crippen molar-refractivity contribution >= 4 is 0 Å². The summed E-state index contributed by atoms with van der Waals surface area (Å²) in [6.45, 7) is 6.42. The molecule has 1 aromatic rings. The lowest BCUT2D eigenvalue weighted by Crippen LogP contribution is -2.38. The highest BCUT2D eigenvalue weighted by Gasteiger charge is 2.15. The maximum atomic E-state index is 9.16. The van der Waals surface area contributed by atoms with Crippen molar-refractivity contribution in [3.05, 3.63) is 24.2 Å². The van der Waals surface area contributed by atoms with Crippen LogP contribution in [0.1, 0.15) is 32.4 Å². The standard InChI is InChI=1S/C11H19NO2/c1-8(2)11(6-13)12-9(3)10-4-5-14-7-10/h4-5,7-9,11-13H,6H2,1-3H3. The second-order valence-electron chi connectivity index (χ2n) is 3.98. The summed E-state index contributed by atoms with van der Waals surface area (Å²) in [4.78, 5) is 0. The minimum absolute atomic E-state index is 0.139. The SMILES string of the molecule is CC(NC(CO)C(C)C)c1ccoc1. The van der Waals surface area contributed by atoms with Gasteiger partial charge in [0.1, 0.15) is 0 Å². The number of aliphatic hydroxyl groups is 1. The zero-order valence-electron chi connectivity index (χ0n) is 9.03. The molecule has 1 aromatic heterocycles. The number of hydrogen-bond donors (Lipinski definition) is 2. The van der Waals surface area contributed by atoms with Gasteiger partial charge in [-0.25, -0.2) is 0 Å². The lowest BCUT2D eigenvalue weighted by atomic mass is 10.0. The van der Waals surface area contributed by atoms with Gasteiger partial charge in [-0.2, -0.15) is 0 Å². The first kappa shape index (κ1) is 11.3. The van der Waals surface area contributed by atoms with Crippen molar-refractivity contribution < 1.29 is 9.52 Å². The molecule has 0 aliphatic rings. The van der Waals surface area contributed by atoms with Crippen LogP contribution in [0.25, 0.3) is 0 Å². The maximum absolute atomic E-state index is 9.16. The van der Waals surface area contributed by atoms with Gasteiger partial charge >= 0.3 is 0 Å². The van der Waals surface area contributed by atoms with Crippen LogP contribution in [0.3, 0.4) is 0 Å². The predicted molar refractivity (Wildman–Crippen MR) is 56.0 cm³/mol. The van der Waals surface area contributed by atoms with Crippen LogP contribution in [0.2, 0.25) is 0 Å². The second-order valence-corrected chi connectivity index (χ2v) is 3.98. The van der Waals surface area contributed by atoms with Gasteiger partial charge in [0.2, 0.25) is 0 Å². The Morgan fingerprint density at radius 2 is 2.14 bits per heavy atom. The van der Waals surface area contributed by atoms with Crippen molar-refractivity contribution in [2.45, 2.75) is 32.9 Å². The van der Waals surface area contributed by atoms with Crippen LogP contribution >= 0.6 is 0 Å². The zero-order chi connectivity index (χ0) is 10.6. The Labute approximate surface area is 85.1 Å². The van der Waals surface area contributed by atoms with Crippen LogP contribution in [-0.2, 0) is 0 Å². The van der Waals surface area contributed by atoms with Crippen molar-refractivity contribution in [1.29, 1.82) is 0 Å². The van der Waals surface area contributed by atoms with Crippen LogP contribution < -0.4 is 5.32 Å². The highest BCUT2D eigenvalue weighted by molar-refractivity contribution is 5.10. The summed E-state index contributed by atoms with van der Waals surface area (Å²) in [5.41, 5.74) is 1.11. The van der Waals surface area contributed by atoms with E-state index in [1.165, 1.54) is 0 Å². The fourth-order valence-electron chi connectivity index (χ4n) is 1.39. The smallest absolute Gasteiger partial charge is 0.0950 e. The molecule has 0 saturated heterocycles. The summed E-state index contributed by atoms with van der Waals surface area (Å²) in [7, 11) is 0. The molecule has 0 spiro atoms. The van der Waals surface area contributed by atoms with Crippen molar-refractivity contribution in [2.75, 3.05) is 6.61 Å². The average molecular weight is 197 g/mol. The normalized spacial score (nSPS) is 15.8. The van der Waals surface area contributed by atoms with Gasteiger partial charge < -0.3 is 14.8 Å². The van der Waals surface area contributed by atoms with E-state index in [4.69, 9.17) is 9.52 Å².